The standard InChI is InChI=1S/C14H16N4O2/c15-8-10-1-4-13(14(7-10)18(19)20)16-11-5-6-17(9-11)12-2-3-12/h1,4,7,11-12,16H,2-3,5-6,9H2. The van der Waals surface area contributed by atoms with Crippen molar-refractivity contribution in [2.75, 3.05) is 18.4 Å². The lowest BCUT2D eigenvalue weighted by atomic mass is 10.1. The van der Waals surface area contributed by atoms with Gasteiger partial charge in [-0.2, -0.15) is 5.26 Å². The fraction of sp³-hybridized carbons (Fsp3) is 0.500. The topological polar surface area (TPSA) is 82.2 Å². The van der Waals surface area contributed by atoms with Crippen LogP contribution in [0.25, 0.3) is 0 Å². The van der Waals surface area contributed by atoms with Crippen molar-refractivity contribution in [3.8, 4) is 6.07 Å². The molecule has 0 radical (unpaired) electrons. The Bertz CT molecular complexity index is 577. The average molecular weight is 272 g/mol. The third kappa shape index (κ3) is 2.58. The third-order valence-electron chi connectivity index (χ3n) is 3.97. The molecule has 1 N–H and O–H groups in total. The van der Waals surface area contributed by atoms with Gasteiger partial charge in [0.2, 0.25) is 0 Å². The number of nitrogens with one attached hydrogen (secondary N) is 1. The molecule has 0 spiro atoms. The molecule has 2 aliphatic rings. The number of rotatable bonds is 4. The zero-order valence-electron chi connectivity index (χ0n) is 11.1. The molecule has 0 amide bonds. The van der Waals surface area contributed by atoms with Gasteiger partial charge in [-0.05, 0) is 31.4 Å². The number of hydrogen-bond acceptors (Lipinski definition) is 5. The summed E-state index contributed by atoms with van der Waals surface area (Å²) in [6.07, 6.45) is 3.57. The maximum absolute atomic E-state index is 11.1. The van der Waals surface area contributed by atoms with Crippen LogP contribution in [0.5, 0.6) is 0 Å². The molecule has 1 aromatic rings. The predicted octanol–water partition coefficient (Wildman–Crippen LogP) is 2.12. The fourth-order valence-corrected chi connectivity index (χ4v) is 2.77. The second-order valence-electron chi connectivity index (χ2n) is 5.46. The van der Waals surface area contributed by atoms with E-state index in [1.165, 1.54) is 18.9 Å². The Kier molecular flexibility index (Phi) is 3.28. The van der Waals surface area contributed by atoms with Gasteiger partial charge in [-0.15, -0.1) is 0 Å². The Labute approximate surface area is 117 Å². The number of nitro groups is 1. The van der Waals surface area contributed by atoms with Crippen LogP contribution in [-0.2, 0) is 0 Å². The summed E-state index contributed by atoms with van der Waals surface area (Å²) < 4.78 is 0. The van der Waals surface area contributed by atoms with Crippen molar-refractivity contribution < 1.29 is 4.92 Å². The zero-order valence-corrected chi connectivity index (χ0v) is 11.1. The van der Waals surface area contributed by atoms with Crippen molar-refractivity contribution in [3.63, 3.8) is 0 Å². The second-order valence-corrected chi connectivity index (χ2v) is 5.46. The maximum Gasteiger partial charge on any atom is 0.293 e. The molecule has 1 aromatic carbocycles. The molecule has 1 unspecified atom stereocenters. The lowest BCUT2D eigenvalue weighted by molar-refractivity contribution is -0.384. The second kappa shape index (κ2) is 5.10. The maximum atomic E-state index is 11.1. The van der Waals surface area contributed by atoms with Crippen LogP contribution in [0.4, 0.5) is 11.4 Å². The van der Waals surface area contributed by atoms with E-state index in [2.05, 4.69) is 10.2 Å². The molecule has 6 nitrogen and oxygen atoms in total. The van der Waals surface area contributed by atoms with E-state index in [9.17, 15) is 10.1 Å². The number of nitriles is 1. The van der Waals surface area contributed by atoms with Crippen molar-refractivity contribution >= 4 is 11.4 Å². The summed E-state index contributed by atoms with van der Waals surface area (Å²) in [7, 11) is 0. The first-order valence-electron chi connectivity index (χ1n) is 6.86. The van der Waals surface area contributed by atoms with Gasteiger partial charge in [0, 0.05) is 31.2 Å². The molecule has 1 saturated heterocycles. The predicted molar refractivity (Wildman–Crippen MR) is 74.4 cm³/mol. The highest BCUT2D eigenvalue weighted by Gasteiger charge is 2.34. The summed E-state index contributed by atoms with van der Waals surface area (Å²) in [5.74, 6) is 0. The van der Waals surface area contributed by atoms with Crippen LogP contribution >= 0.6 is 0 Å². The van der Waals surface area contributed by atoms with Gasteiger partial charge in [0.25, 0.3) is 5.69 Å². The van der Waals surface area contributed by atoms with E-state index < -0.39 is 4.92 Å². The first-order valence-corrected chi connectivity index (χ1v) is 6.86. The van der Waals surface area contributed by atoms with Crippen LogP contribution in [0, 0.1) is 21.4 Å². The molecule has 20 heavy (non-hydrogen) atoms. The number of likely N-dealkylation sites (tertiary alicyclic amines) is 1. The lowest BCUT2D eigenvalue weighted by Crippen LogP contribution is -2.27. The van der Waals surface area contributed by atoms with Crippen LogP contribution < -0.4 is 5.32 Å². The molecular formula is C14H16N4O2. The third-order valence-corrected chi connectivity index (χ3v) is 3.97. The number of hydrogen-bond donors (Lipinski definition) is 1. The van der Waals surface area contributed by atoms with Gasteiger partial charge in [-0.1, -0.05) is 0 Å². The van der Waals surface area contributed by atoms with Gasteiger partial charge in [-0.3, -0.25) is 15.0 Å². The van der Waals surface area contributed by atoms with E-state index in [1.54, 1.807) is 12.1 Å². The van der Waals surface area contributed by atoms with Gasteiger partial charge in [0.05, 0.1) is 16.6 Å². The SMILES string of the molecule is N#Cc1ccc(NC2CCN(C3CC3)C2)c([N+](=O)[O-])c1. The Balaban J connectivity index is 1.73. The van der Waals surface area contributed by atoms with E-state index in [-0.39, 0.29) is 11.7 Å². The van der Waals surface area contributed by atoms with E-state index in [1.807, 2.05) is 6.07 Å². The van der Waals surface area contributed by atoms with E-state index in [0.717, 1.165) is 25.6 Å². The lowest BCUT2D eigenvalue weighted by Gasteiger charge is -2.16. The number of nitro benzene ring substituents is 1. The van der Waals surface area contributed by atoms with Crippen molar-refractivity contribution in [2.45, 2.75) is 31.3 Å². The quantitative estimate of drug-likeness (QED) is 0.670. The molecule has 1 heterocycles. The molecule has 0 bridgehead atoms. The first kappa shape index (κ1) is 12.9. The highest BCUT2D eigenvalue weighted by Crippen LogP contribution is 2.32. The summed E-state index contributed by atoms with van der Waals surface area (Å²) >= 11 is 0. The normalized spacial score (nSPS) is 22.4. The van der Waals surface area contributed by atoms with E-state index in [4.69, 9.17) is 5.26 Å². The number of anilines is 1. The van der Waals surface area contributed by atoms with Gasteiger partial charge in [0.15, 0.2) is 0 Å². The average Bonchev–Trinajstić information content (AvgIpc) is 3.20. The monoisotopic (exact) mass is 272 g/mol. The number of nitrogens with zero attached hydrogens (tertiary/aromatic N) is 3. The van der Waals surface area contributed by atoms with Crippen LogP contribution in [-0.4, -0.2) is 35.0 Å². The van der Waals surface area contributed by atoms with Gasteiger partial charge in [-0.25, -0.2) is 0 Å². The highest BCUT2D eigenvalue weighted by molar-refractivity contribution is 5.64. The summed E-state index contributed by atoms with van der Waals surface area (Å²) in [5, 5.41) is 23.2. The van der Waals surface area contributed by atoms with Gasteiger partial charge >= 0.3 is 0 Å². The van der Waals surface area contributed by atoms with Crippen molar-refractivity contribution in [2.24, 2.45) is 0 Å². The van der Waals surface area contributed by atoms with Crippen molar-refractivity contribution in [1.82, 2.24) is 4.90 Å². The summed E-state index contributed by atoms with van der Waals surface area (Å²) in [6, 6.07) is 7.50. The molecular weight excluding hydrogens is 256 g/mol. The minimum Gasteiger partial charge on any atom is -0.375 e. The molecule has 1 saturated carbocycles. The molecule has 104 valence electrons. The van der Waals surface area contributed by atoms with Crippen LogP contribution in [0.15, 0.2) is 18.2 Å². The van der Waals surface area contributed by atoms with Crippen molar-refractivity contribution in [1.29, 1.82) is 5.26 Å². The molecule has 3 rings (SSSR count). The van der Waals surface area contributed by atoms with Crippen LogP contribution in [0.1, 0.15) is 24.8 Å². The minimum atomic E-state index is -0.434. The van der Waals surface area contributed by atoms with Crippen LogP contribution in [0.3, 0.4) is 0 Å². The van der Waals surface area contributed by atoms with Gasteiger partial charge in [0.1, 0.15) is 5.69 Å². The molecule has 1 aliphatic heterocycles. The Morgan fingerprint density at radius 3 is 2.85 bits per heavy atom. The number of benzene rings is 1. The molecule has 6 heteroatoms. The zero-order chi connectivity index (χ0) is 14.1. The highest BCUT2D eigenvalue weighted by atomic mass is 16.6. The Morgan fingerprint density at radius 2 is 2.20 bits per heavy atom. The van der Waals surface area contributed by atoms with Gasteiger partial charge < -0.3 is 5.32 Å². The Morgan fingerprint density at radius 1 is 1.40 bits per heavy atom. The fourth-order valence-electron chi connectivity index (χ4n) is 2.77. The summed E-state index contributed by atoms with van der Waals surface area (Å²) in [4.78, 5) is 13.1. The first-order chi connectivity index (χ1) is 9.67. The largest absolute Gasteiger partial charge is 0.375 e. The molecule has 1 atom stereocenters. The van der Waals surface area contributed by atoms with E-state index in [0.29, 0.717) is 11.3 Å². The molecule has 0 aromatic heterocycles. The molecule has 1 aliphatic carbocycles. The molecule has 2 fully saturated rings. The van der Waals surface area contributed by atoms with Crippen LogP contribution in [0.2, 0.25) is 0 Å². The smallest absolute Gasteiger partial charge is 0.293 e. The Hall–Kier alpha value is -2.13. The summed E-state index contributed by atoms with van der Waals surface area (Å²) in [5.41, 5.74) is 0.804. The summed E-state index contributed by atoms with van der Waals surface area (Å²) in [6.45, 7) is 2.01. The minimum absolute atomic E-state index is 0.0195. The van der Waals surface area contributed by atoms with Crippen molar-refractivity contribution in [3.05, 3.63) is 33.9 Å². The van der Waals surface area contributed by atoms with E-state index >= 15 is 0 Å².